The Balaban J connectivity index is 2.91. The molecule has 0 aromatic heterocycles. The molecule has 0 heterocycles. The Morgan fingerprint density at radius 1 is 0.500 bits per heavy atom. The molecule has 0 spiro atoms. The maximum Gasteiger partial charge on any atom is 0.0836 e. The minimum atomic E-state index is 0.923. The first kappa shape index (κ1) is 22.0. The fourth-order valence-electron chi connectivity index (χ4n) is 2.85. The summed E-state index contributed by atoms with van der Waals surface area (Å²) in [7, 11) is 0. The highest BCUT2D eigenvalue weighted by Gasteiger charge is 1.95. The molecule has 0 saturated carbocycles. The molecule has 0 unspecified atom stereocenters. The van der Waals surface area contributed by atoms with E-state index >= 15 is 0 Å². The molecule has 0 aromatic rings. The first-order chi connectivity index (χ1) is 10.9. The molecule has 1 nitrogen and oxygen atoms in total. The normalized spacial score (nSPS) is 11.2. The predicted molar refractivity (Wildman–Crippen MR) is 100 cm³/mol. The third-order valence-electron chi connectivity index (χ3n) is 4.41. The monoisotopic (exact) mass is 311 g/mol. The second-order valence-electron chi connectivity index (χ2n) is 6.78. The van der Waals surface area contributed by atoms with E-state index in [1.165, 1.54) is 103 Å². The van der Waals surface area contributed by atoms with E-state index < -0.39 is 0 Å². The lowest BCUT2D eigenvalue weighted by Gasteiger charge is -2.04. The van der Waals surface area contributed by atoms with Crippen LogP contribution >= 0.6 is 0 Å². The Bertz CT molecular complexity index is 159. The van der Waals surface area contributed by atoms with Crippen LogP contribution in [0, 0.1) is 6.61 Å². The molecule has 0 aliphatic heterocycles. The first-order valence-electron chi connectivity index (χ1n) is 10.3. The van der Waals surface area contributed by atoms with Crippen LogP contribution in [0.2, 0.25) is 0 Å². The first-order valence-corrected chi connectivity index (χ1v) is 10.3. The van der Waals surface area contributed by atoms with Crippen LogP contribution in [0.4, 0.5) is 0 Å². The maximum absolute atomic E-state index is 5.52. The largest absolute Gasteiger partial charge is 0.376 e. The van der Waals surface area contributed by atoms with Crippen LogP contribution in [0.5, 0.6) is 0 Å². The lowest BCUT2D eigenvalue weighted by atomic mass is 10.0. The van der Waals surface area contributed by atoms with Crippen molar-refractivity contribution in [1.82, 2.24) is 0 Å². The number of hydrogen-bond acceptors (Lipinski definition) is 1. The Hall–Kier alpha value is -0.0400. The average molecular weight is 312 g/mol. The molecule has 0 bridgehead atoms. The minimum absolute atomic E-state index is 0.923. The van der Waals surface area contributed by atoms with Crippen molar-refractivity contribution in [3.8, 4) is 0 Å². The van der Waals surface area contributed by atoms with Crippen molar-refractivity contribution in [2.75, 3.05) is 6.61 Å². The van der Waals surface area contributed by atoms with Crippen molar-refractivity contribution in [3.05, 3.63) is 6.61 Å². The van der Waals surface area contributed by atoms with E-state index in [1.807, 2.05) is 6.61 Å². The van der Waals surface area contributed by atoms with E-state index in [9.17, 15) is 0 Å². The fraction of sp³-hybridized carbons (Fsp3) is 0.952. The summed E-state index contributed by atoms with van der Waals surface area (Å²) < 4.78 is 5.52. The quantitative estimate of drug-likeness (QED) is 0.221. The van der Waals surface area contributed by atoms with E-state index in [2.05, 4.69) is 13.8 Å². The number of rotatable bonds is 19. The van der Waals surface area contributed by atoms with Gasteiger partial charge in [-0.3, -0.25) is 0 Å². The van der Waals surface area contributed by atoms with Crippen molar-refractivity contribution >= 4 is 0 Å². The molecule has 0 atom stereocenters. The summed E-state index contributed by atoms with van der Waals surface area (Å²) >= 11 is 0. The van der Waals surface area contributed by atoms with Gasteiger partial charge < -0.3 is 4.74 Å². The summed E-state index contributed by atoms with van der Waals surface area (Å²) in [6.45, 7) is 7.48. The zero-order chi connectivity index (χ0) is 16.1. The Labute approximate surface area is 141 Å². The Kier molecular flexibility index (Phi) is 20.9. The SMILES string of the molecule is CCCCCCCCCCCCCCC[CH]OCCCCC. The Morgan fingerprint density at radius 2 is 0.909 bits per heavy atom. The highest BCUT2D eigenvalue weighted by Crippen LogP contribution is 2.13. The summed E-state index contributed by atoms with van der Waals surface area (Å²) in [5.74, 6) is 0. The predicted octanol–water partition coefficient (Wildman–Crippen LogP) is 7.84. The van der Waals surface area contributed by atoms with Gasteiger partial charge in [-0.15, -0.1) is 0 Å². The van der Waals surface area contributed by atoms with Crippen molar-refractivity contribution in [3.63, 3.8) is 0 Å². The lowest BCUT2D eigenvalue weighted by molar-refractivity contribution is 0.184. The topological polar surface area (TPSA) is 9.23 Å². The standard InChI is InChI=1S/C21H43O/c1-3-5-7-8-9-10-11-12-13-14-15-16-17-19-21-22-20-18-6-4-2/h21H,3-20H2,1-2H3. The van der Waals surface area contributed by atoms with Gasteiger partial charge in [0, 0.05) is 6.61 Å². The highest BCUT2D eigenvalue weighted by atomic mass is 16.5. The van der Waals surface area contributed by atoms with Gasteiger partial charge in [-0.25, -0.2) is 0 Å². The summed E-state index contributed by atoms with van der Waals surface area (Å²) in [4.78, 5) is 0. The smallest absolute Gasteiger partial charge is 0.0836 e. The average Bonchev–Trinajstić information content (AvgIpc) is 2.54. The molecule has 22 heavy (non-hydrogen) atoms. The van der Waals surface area contributed by atoms with Crippen molar-refractivity contribution < 1.29 is 4.74 Å². The molecule has 0 aromatic carbocycles. The summed E-state index contributed by atoms with van der Waals surface area (Å²) in [6.07, 6.45) is 23.5. The Morgan fingerprint density at radius 3 is 1.41 bits per heavy atom. The molecule has 1 heteroatoms. The zero-order valence-electron chi connectivity index (χ0n) is 15.7. The van der Waals surface area contributed by atoms with Gasteiger partial charge in [0.15, 0.2) is 0 Å². The van der Waals surface area contributed by atoms with E-state index in [4.69, 9.17) is 4.74 Å². The van der Waals surface area contributed by atoms with E-state index in [0.717, 1.165) is 13.0 Å². The molecule has 133 valence electrons. The maximum atomic E-state index is 5.52. The highest BCUT2D eigenvalue weighted by molar-refractivity contribution is 4.53. The number of hydrogen-bond donors (Lipinski definition) is 0. The van der Waals surface area contributed by atoms with Crippen LogP contribution < -0.4 is 0 Å². The number of ether oxygens (including phenoxy) is 1. The van der Waals surface area contributed by atoms with Gasteiger partial charge in [0.2, 0.25) is 0 Å². The van der Waals surface area contributed by atoms with Gasteiger partial charge >= 0.3 is 0 Å². The second kappa shape index (κ2) is 21.0. The van der Waals surface area contributed by atoms with Crippen LogP contribution in [0.15, 0.2) is 0 Å². The molecule has 0 aliphatic rings. The van der Waals surface area contributed by atoms with Crippen LogP contribution in [0.3, 0.4) is 0 Å². The van der Waals surface area contributed by atoms with Crippen molar-refractivity contribution in [2.45, 2.75) is 123 Å². The molecule has 0 aliphatic carbocycles. The molecular formula is C21H43O. The van der Waals surface area contributed by atoms with Crippen LogP contribution in [-0.2, 0) is 4.74 Å². The van der Waals surface area contributed by atoms with Crippen molar-refractivity contribution in [1.29, 1.82) is 0 Å². The zero-order valence-corrected chi connectivity index (χ0v) is 15.7. The van der Waals surface area contributed by atoms with Crippen LogP contribution in [-0.4, -0.2) is 6.61 Å². The third kappa shape index (κ3) is 20.0. The molecule has 1 radical (unpaired) electrons. The van der Waals surface area contributed by atoms with Gasteiger partial charge in [0.05, 0.1) is 6.61 Å². The molecule has 0 N–H and O–H groups in total. The lowest BCUT2D eigenvalue weighted by Crippen LogP contribution is -1.92. The van der Waals surface area contributed by atoms with E-state index in [-0.39, 0.29) is 0 Å². The molecule has 0 saturated heterocycles. The molecule has 0 fully saturated rings. The summed E-state index contributed by atoms with van der Waals surface area (Å²) in [5, 5.41) is 0. The van der Waals surface area contributed by atoms with Crippen LogP contribution in [0.25, 0.3) is 0 Å². The molecule has 0 amide bonds. The van der Waals surface area contributed by atoms with Crippen LogP contribution in [0.1, 0.15) is 123 Å². The van der Waals surface area contributed by atoms with E-state index in [1.54, 1.807) is 0 Å². The van der Waals surface area contributed by atoms with Gasteiger partial charge in [-0.1, -0.05) is 110 Å². The number of unbranched alkanes of at least 4 members (excludes halogenated alkanes) is 15. The summed E-state index contributed by atoms with van der Waals surface area (Å²) in [6, 6.07) is 0. The second-order valence-corrected chi connectivity index (χ2v) is 6.78. The third-order valence-corrected chi connectivity index (χ3v) is 4.41. The van der Waals surface area contributed by atoms with Crippen molar-refractivity contribution in [2.24, 2.45) is 0 Å². The minimum Gasteiger partial charge on any atom is -0.376 e. The fourth-order valence-corrected chi connectivity index (χ4v) is 2.85. The van der Waals surface area contributed by atoms with Gasteiger partial charge in [-0.2, -0.15) is 0 Å². The molecule has 0 rings (SSSR count). The van der Waals surface area contributed by atoms with Gasteiger partial charge in [-0.05, 0) is 12.8 Å². The van der Waals surface area contributed by atoms with Gasteiger partial charge in [0.25, 0.3) is 0 Å². The van der Waals surface area contributed by atoms with E-state index in [0.29, 0.717) is 0 Å². The molecular weight excluding hydrogens is 268 g/mol. The van der Waals surface area contributed by atoms with Gasteiger partial charge in [0.1, 0.15) is 0 Å². The summed E-state index contributed by atoms with van der Waals surface area (Å²) in [5.41, 5.74) is 0.